The number of nitrogens with zero attached hydrogens (tertiary/aromatic N) is 2. The molecule has 0 radical (unpaired) electrons. The first-order valence-electron chi connectivity index (χ1n) is 9.38. The van der Waals surface area contributed by atoms with Gasteiger partial charge < -0.3 is 15.1 Å². The van der Waals surface area contributed by atoms with Gasteiger partial charge in [0.05, 0.1) is 4.88 Å². The van der Waals surface area contributed by atoms with E-state index in [4.69, 9.17) is 0 Å². The third-order valence-corrected chi connectivity index (χ3v) is 5.46. The minimum atomic E-state index is -0.128. The maximum Gasteiger partial charge on any atom is 0.265 e. The molecule has 0 saturated heterocycles. The molecule has 0 bridgehead atoms. The summed E-state index contributed by atoms with van der Waals surface area (Å²) in [7, 11) is 3.94. The lowest BCUT2D eigenvalue weighted by atomic mass is 10.1. The van der Waals surface area contributed by atoms with Gasteiger partial charge in [-0.05, 0) is 40.8 Å². The predicted octanol–water partition coefficient (Wildman–Crippen LogP) is 4.62. The molecule has 0 unspecified atom stereocenters. The topological polar surface area (TPSA) is 52.7 Å². The Balaban J connectivity index is 1.84. The van der Waals surface area contributed by atoms with Crippen molar-refractivity contribution in [2.75, 3.05) is 24.3 Å². The van der Waals surface area contributed by atoms with E-state index < -0.39 is 0 Å². The first-order chi connectivity index (χ1) is 13.9. The van der Waals surface area contributed by atoms with Crippen molar-refractivity contribution in [3.63, 3.8) is 0 Å². The summed E-state index contributed by atoms with van der Waals surface area (Å²) in [4.78, 5) is 29.2. The molecule has 1 heterocycles. The molecule has 150 valence electrons. The van der Waals surface area contributed by atoms with Crippen molar-refractivity contribution in [3.8, 4) is 0 Å². The number of benzene rings is 2. The number of hydrogen-bond donors (Lipinski definition) is 1. The molecule has 29 heavy (non-hydrogen) atoms. The number of amides is 2. The Labute approximate surface area is 175 Å². The largest absolute Gasteiger partial charge is 0.377 e. The molecule has 1 aromatic heterocycles. The molecule has 0 atom stereocenters. The van der Waals surface area contributed by atoms with E-state index in [2.05, 4.69) is 5.32 Å². The highest BCUT2D eigenvalue weighted by atomic mass is 32.1. The summed E-state index contributed by atoms with van der Waals surface area (Å²) < 4.78 is 0. The van der Waals surface area contributed by atoms with Crippen molar-refractivity contribution in [1.82, 2.24) is 4.90 Å². The Morgan fingerprint density at radius 3 is 2.34 bits per heavy atom. The lowest BCUT2D eigenvalue weighted by Crippen LogP contribution is -2.28. The summed E-state index contributed by atoms with van der Waals surface area (Å²) in [6.07, 6.45) is 0. The molecule has 0 fully saturated rings. The fourth-order valence-corrected chi connectivity index (χ4v) is 3.73. The van der Waals surface area contributed by atoms with Crippen LogP contribution in [0.2, 0.25) is 0 Å². The molecule has 1 N–H and O–H groups in total. The summed E-state index contributed by atoms with van der Waals surface area (Å²) in [6, 6.07) is 19.4. The third-order valence-electron chi connectivity index (χ3n) is 4.59. The van der Waals surface area contributed by atoms with E-state index in [1.807, 2.05) is 83.9 Å². The van der Waals surface area contributed by atoms with Crippen LogP contribution in [-0.2, 0) is 17.9 Å². The fraction of sp³-hybridized carbons (Fsp3) is 0.217. The number of rotatable bonds is 7. The van der Waals surface area contributed by atoms with Crippen LogP contribution in [-0.4, -0.2) is 30.8 Å². The molecule has 0 aliphatic heterocycles. The zero-order chi connectivity index (χ0) is 20.8. The molecular formula is C23H25N3O2S. The summed E-state index contributed by atoms with van der Waals surface area (Å²) in [5.74, 6) is -0.122. The maximum atomic E-state index is 12.4. The third kappa shape index (κ3) is 5.45. The van der Waals surface area contributed by atoms with Crippen molar-refractivity contribution >= 4 is 34.5 Å². The van der Waals surface area contributed by atoms with E-state index in [9.17, 15) is 9.59 Å². The average Bonchev–Trinajstić information content (AvgIpc) is 3.23. The number of carbonyl (C=O) groups excluding carboxylic acids is 2. The Morgan fingerprint density at radius 1 is 0.966 bits per heavy atom. The molecular weight excluding hydrogens is 382 g/mol. The highest BCUT2D eigenvalue weighted by Gasteiger charge is 2.15. The molecule has 5 nitrogen and oxygen atoms in total. The Kier molecular flexibility index (Phi) is 6.67. The van der Waals surface area contributed by atoms with Crippen molar-refractivity contribution in [1.29, 1.82) is 0 Å². The first kappa shape index (κ1) is 20.6. The van der Waals surface area contributed by atoms with Crippen molar-refractivity contribution in [2.24, 2.45) is 0 Å². The SMILES string of the molecule is CC(=O)N(Cc1ccccc1)Cc1cc(NC(=O)c2cccs2)ccc1N(C)C. The molecule has 2 aromatic carbocycles. The average molecular weight is 408 g/mol. The molecule has 3 rings (SSSR count). The lowest BCUT2D eigenvalue weighted by molar-refractivity contribution is -0.130. The second-order valence-corrected chi connectivity index (χ2v) is 7.98. The van der Waals surface area contributed by atoms with E-state index >= 15 is 0 Å². The molecule has 6 heteroatoms. The van der Waals surface area contributed by atoms with Gasteiger partial charge in [-0.2, -0.15) is 0 Å². The van der Waals surface area contributed by atoms with Crippen LogP contribution in [0.15, 0.2) is 66.0 Å². The number of thiophene rings is 1. The highest BCUT2D eigenvalue weighted by Crippen LogP contribution is 2.26. The molecule has 3 aromatic rings. The van der Waals surface area contributed by atoms with Crippen LogP contribution in [0.5, 0.6) is 0 Å². The summed E-state index contributed by atoms with van der Waals surface area (Å²) in [5.41, 5.74) is 3.78. The van der Waals surface area contributed by atoms with Gasteiger partial charge in [0.2, 0.25) is 5.91 Å². The van der Waals surface area contributed by atoms with Crippen LogP contribution in [0.1, 0.15) is 27.7 Å². The standard InChI is InChI=1S/C23H25N3O2S/c1-17(27)26(15-18-8-5-4-6-9-18)16-19-14-20(11-12-21(19)25(2)3)24-23(28)22-10-7-13-29-22/h4-14H,15-16H2,1-3H3,(H,24,28). The van der Waals surface area contributed by atoms with Gasteiger partial charge in [-0.3, -0.25) is 9.59 Å². The predicted molar refractivity (Wildman–Crippen MR) is 119 cm³/mol. The highest BCUT2D eigenvalue weighted by molar-refractivity contribution is 7.12. The number of carbonyl (C=O) groups is 2. The molecule has 0 aliphatic rings. The van der Waals surface area contributed by atoms with Gasteiger partial charge >= 0.3 is 0 Å². The normalized spacial score (nSPS) is 10.4. The Bertz CT molecular complexity index is 969. The zero-order valence-corrected chi connectivity index (χ0v) is 17.7. The number of anilines is 2. The van der Waals surface area contributed by atoms with Gasteiger partial charge in [-0.25, -0.2) is 0 Å². The van der Waals surface area contributed by atoms with E-state index in [0.29, 0.717) is 23.7 Å². The van der Waals surface area contributed by atoms with Crippen LogP contribution >= 0.6 is 11.3 Å². The Hall–Kier alpha value is -3.12. The zero-order valence-electron chi connectivity index (χ0n) is 16.9. The van der Waals surface area contributed by atoms with Crippen LogP contribution in [0.3, 0.4) is 0 Å². The van der Waals surface area contributed by atoms with E-state index in [-0.39, 0.29) is 11.8 Å². The number of nitrogens with one attached hydrogen (secondary N) is 1. The molecule has 2 amide bonds. The lowest BCUT2D eigenvalue weighted by Gasteiger charge is -2.25. The quantitative estimate of drug-likeness (QED) is 0.622. The van der Waals surface area contributed by atoms with Crippen LogP contribution in [0.25, 0.3) is 0 Å². The van der Waals surface area contributed by atoms with Gasteiger partial charge in [0, 0.05) is 45.5 Å². The van der Waals surface area contributed by atoms with Gasteiger partial charge in [0.25, 0.3) is 5.91 Å². The fourth-order valence-electron chi connectivity index (χ4n) is 3.11. The van der Waals surface area contributed by atoms with Gasteiger partial charge in [-0.1, -0.05) is 36.4 Å². The van der Waals surface area contributed by atoms with E-state index in [1.54, 1.807) is 13.0 Å². The van der Waals surface area contributed by atoms with Crippen LogP contribution in [0, 0.1) is 0 Å². The smallest absolute Gasteiger partial charge is 0.265 e. The van der Waals surface area contributed by atoms with Gasteiger partial charge in [-0.15, -0.1) is 11.3 Å². The van der Waals surface area contributed by atoms with E-state index in [1.165, 1.54) is 11.3 Å². The van der Waals surface area contributed by atoms with Gasteiger partial charge in [0.15, 0.2) is 0 Å². The van der Waals surface area contributed by atoms with Gasteiger partial charge in [0.1, 0.15) is 0 Å². The second-order valence-electron chi connectivity index (χ2n) is 7.03. The molecule has 0 aliphatic carbocycles. The number of hydrogen-bond acceptors (Lipinski definition) is 4. The van der Waals surface area contributed by atoms with Crippen molar-refractivity contribution in [2.45, 2.75) is 20.0 Å². The monoisotopic (exact) mass is 407 g/mol. The molecule has 0 spiro atoms. The second kappa shape index (κ2) is 9.39. The summed E-state index contributed by atoms with van der Waals surface area (Å²) >= 11 is 1.41. The van der Waals surface area contributed by atoms with Crippen molar-refractivity contribution in [3.05, 3.63) is 82.0 Å². The van der Waals surface area contributed by atoms with Crippen LogP contribution < -0.4 is 10.2 Å². The van der Waals surface area contributed by atoms with E-state index in [0.717, 1.165) is 16.8 Å². The van der Waals surface area contributed by atoms with Crippen molar-refractivity contribution < 1.29 is 9.59 Å². The van der Waals surface area contributed by atoms with Crippen LogP contribution in [0.4, 0.5) is 11.4 Å². The molecule has 0 saturated carbocycles. The summed E-state index contributed by atoms with van der Waals surface area (Å²) in [6.45, 7) is 2.58. The Morgan fingerprint density at radius 2 is 1.72 bits per heavy atom. The minimum absolute atomic E-state index is 0.00610. The maximum absolute atomic E-state index is 12.4. The first-order valence-corrected chi connectivity index (χ1v) is 10.3. The minimum Gasteiger partial charge on any atom is -0.377 e. The summed E-state index contributed by atoms with van der Waals surface area (Å²) in [5, 5.41) is 4.83.